The zero-order chi connectivity index (χ0) is 13.8. The van der Waals surface area contributed by atoms with Gasteiger partial charge in [0.25, 0.3) is 5.91 Å². The first-order valence-corrected chi connectivity index (χ1v) is 5.83. The predicted molar refractivity (Wildman–Crippen MR) is 72.0 cm³/mol. The lowest BCUT2D eigenvalue weighted by molar-refractivity contribution is -0.139. The molecule has 0 aliphatic carbocycles. The molecule has 0 saturated heterocycles. The summed E-state index contributed by atoms with van der Waals surface area (Å²) in [5.74, 6) is -1.49. The van der Waals surface area contributed by atoms with E-state index in [0.29, 0.717) is 5.56 Å². The van der Waals surface area contributed by atoms with Crippen molar-refractivity contribution in [2.75, 3.05) is 0 Å². The number of aliphatic carboxylic acids is 1. The molecule has 1 heterocycles. The van der Waals surface area contributed by atoms with Crippen LogP contribution in [0.4, 0.5) is 0 Å². The first-order chi connectivity index (χ1) is 9.11. The molecule has 1 atom stereocenters. The summed E-state index contributed by atoms with van der Waals surface area (Å²) in [4.78, 5) is 25.9. The molecular formula is C14H14N2O3. The molecule has 0 radical (unpaired) electrons. The number of carboxylic acid groups (broad SMARTS) is 1. The quantitative estimate of drug-likeness (QED) is 0.717. The number of hydrogen-bond donors (Lipinski definition) is 3. The summed E-state index contributed by atoms with van der Waals surface area (Å²) >= 11 is 0. The van der Waals surface area contributed by atoms with Crippen molar-refractivity contribution in [2.24, 2.45) is 0 Å². The highest BCUT2D eigenvalue weighted by Gasteiger charge is 2.19. The van der Waals surface area contributed by atoms with Crippen LogP contribution in [0.2, 0.25) is 0 Å². The molecule has 1 aromatic heterocycles. The third-order valence-corrected chi connectivity index (χ3v) is 2.82. The van der Waals surface area contributed by atoms with Crippen molar-refractivity contribution in [2.45, 2.75) is 12.5 Å². The lowest BCUT2D eigenvalue weighted by Crippen LogP contribution is -2.40. The fourth-order valence-corrected chi connectivity index (χ4v) is 1.82. The number of carbonyl (C=O) groups is 2. The summed E-state index contributed by atoms with van der Waals surface area (Å²) in [6.45, 7) is 3.48. The van der Waals surface area contributed by atoms with Crippen molar-refractivity contribution in [1.82, 2.24) is 10.3 Å². The van der Waals surface area contributed by atoms with Crippen molar-refractivity contribution in [3.05, 3.63) is 48.7 Å². The molecule has 0 spiro atoms. The number of carboxylic acids is 1. The first kappa shape index (κ1) is 12.9. The van der Waals surface area contributed by atoms with Gasteiger partial charge in [-0.3, -0.25) is 4.79 Å². The van der Waals surface area contributed by atoms with Crippen LogP contribution >= 0.6 is 0 Å². The Hall–Kier alpha value is -2.56. The second-order valence-corrected chi connectivity index (χ2v) is 4.17. The van der Waals surface area contributed by atoms with Gasteiger partial charge in [-0.1, -0.05) is 12.1 Å². The van der Waals surface area contributed by atoms with E-state index in [9.17, 15) is 9.59 Å². The third-order valence-electron chi connectivity index (χ3n) is 2.82. The topological polar surface area (TPSA) is 82.2 Å². The van der Waals surface area contributed by atoms with Crippen molar-refractivity contribution in [3.8, 4) is 0 Å². The van der Waals surface area contributed by atoms with E-state index >= 15 is 0 Å². The monoisotopic (exact) mass is 258 g/mol. The van der Waals surface area contributed by atoms with Crippen LogP contribution in [-0.4, -0.2) is 28.0 Å². The molecule has 5 heteroatoms. The minimum atomic E-state index is -1.07. The van der Waals surface area contributed by atoms with Crippen LogP contribution in [-0.2, 0) is 4.79 Å². The SMILES string of the molecule is C=CCC(NC(=O)c1ccc2cc[nH]c2c1)C(=O)O. The number of nitrogens with one attached hydrogen (secondary N) is 2. The van der Waals surface area contributed by atoms with Gasteiger partial charge in [-0.05, 0) is 30.0 Å². The van der Waals surface area contributed by atoms with Crippen molar-refractivity contribution >= 4 is 22.8 Å². The number of aromatic nitrogens is 1. The van der Waals surface area contributed by atoms with Crippen LogP contribution in [0, 0.1) is 0 Å². The first-order valence-electron chi connectivity index (χ1n) is 5.83. The Labute approximate surface area is 109 Å². The summed E-state index contributed by atoms with van der Waals surface area (Å²) in [6, 6.07) is 6.11. The molecule has 1 unspecified atom stereocenters. The van der Waals surface area contributed by atoms with E-state index in [0.717, 1.165) is 10.9 Å². The summed E-state index contributed by atoms with van der Waals surface area (Å²) in [5, 5.41) is 12.4. The molecule has 2 rings (SSSR count). The van der Waals surface area contributed by atoms with Gasteiger partial charge in [-0.15, -0.1) is 6.58 Å². The lowest BCUT2D eigenvalue weighted by atomic mass is 10.1. The number of carbonyl (C=O) groups excluding carboxylic acids is 1. The Morgan fingerprint density at radius 1 is 1.42 bits per heavy atom. The van der Waals surface area contributed by atoms with Gasteiger partial charge in [0.2, 0.25) is 0 Å². The number of H-pyrrole nitrogens is 1. The van der Waals surface area contributed by atoms with E-state index in [1.165, 1.54) is 6.08 Å². The van der Waals surface area contributed by atoms with Gasteiger partial charge < -0.3 is 15.4 Å². The maximum absolute atomic E-state index is 12.0. The zero-order valence-electron chi connectivity index (χ0n) is 10.2. The zero-order valence-corrected chi connectivity index (χ0v) is 10.2. The van der Waals surface area contributed by atoms with E-state index in [1.54, 1.807) is 18.3 Å². The van der Waals surface area contributed by atoms with Crippen LogP contribution in [0.3, 0.4) is 0 Å². The van der Waals surface area contributed by atoms with Crippen LogP contribution in [0.5, 0.6) is 0 Å². The highest BCUT2D eigenvalue weighted by Crippen LogP contribution is 2.14. The Kier molecular flexibility index (Phi) is 3.66. The molecule has 98 valence electrons. The van der Waals surface area contributed by atoms with E-state index in [1.807, 2.05) is 12.1 Å². The van der Waals surface area contributed by atoms with Gasteiger partial charge in [0.05, 0.1) is 0 Å². The maximum Gasteiger partial charge on any atom is 0.326 e. The molecule has 19 heavy (non-hydrogen) atoms. The summed E-state index contributed by atoms with van der Waals surface area (Å²) < 4.78 is 0. The van der Waals surface area contributed by atoms with Crippen molar-refractivity contribution < 1.29 is 14.7 Å². The molecule has 0 aliphatic rings. The standard InChI is InChI=1S/C14H14N2O3/c1-2-3-11(14(18)19)16-13(17)10-5-4-9-6-7-15-12(9)8-10/h2,4-8,11,15H,1,3H2,(H,16,17)(H,18,19). The third kappa shape index (κ3) is 2.82. The van der Waals surface area contributed by atoms with E-state index in [4.69, 9.17) is 5.11 Å². The highest BCUT2D eigenvalue weighted by molar-refractivity contribution is 5.99. The second-order valence-electron chi connectivity index (χ2n) is 4.17. The van der Waals surface area contributed by atoms with Crippen molar-refractivity contribution in [3.63, 3.8) is 0 Å². The Morgan fingerprint density at radius 3 is 2.89 bits per heavy atom. The van der Waals surface area contributed by atoms with Gasteiger partial charge >= 0.3 is 5.97 Å². The predicted octanol–water partition coefficient (Wildman–Crippen LogP) is 1.93. The van der Waals surface area contributed by atoms with Gasteiger partial charge in [0, 0.05) is 17.3 Å². The molecular weight excluding hydrogens is 244 g/mol. The fourth-order valence-electron chi connectivity index (χ4n) is 1.82. The highest BCUT2D eigenvalue weighted by atomic mass is 16.4. The summed E-state index contributed by atoms with van der Waals surface area (Å²) in [7, 11) is 0. The van der Waals surface area contributed by atoms with Gasteiger partial charge in [0.1, 0.15) is 6.04 Å². The minimum absolute atomic E-state index is 0.186. The molecule has 1 aromatic carbocycles. The number of aromatic amines is 1. The number of benzene rings is 1. The number of rotatable bonds is 5. The van der Waals surface area contributed by atoms with Crippen LogP contribution < -0.4 is 5.32 Å². The molecule has 0 saturated carbocycles. The van der Waals surface area contributed by atoms with Crippen molar-refractivity contribution in [1.29, 1.82) is 0 Å². The molecule has 3 N–H and O–H groups in total. The number of fused-ring (bicyclic) bond motifs is 1. The van der Waals surface area contributed by atoms with Gasteiger partial charge in [-0.25, -0.2) is 4.79 Å². The van der Waals surface area contributed by atoms with E-state index in [2.05, 4.69) is 16.9 Å². The second kappa shape index (κ2) is 5.39. The molecule has 0 bridgehead atoms. The summed E-state index contributed by atoms with van der Waals surface area (Å²) in [6.07, 6.45) is 3.43. The van der Waals surface area contributed by atoms with Crippen LogP contribution in [0.1, 0.15) is 16.8 Å². The molecule has 0 fully saturated rings. The van der Waals surface area contributed by atoms with E-state index in [-0.39, 0.29) is 6.42 Å². The molecule has 0 aliphatic heterocycles. The summed E-state index contributed by atoms with van der Waals surface area (Å²) in [5.41, 5.74) is 1.26. The normalized spacial score (nSPS) is 12.0. The Bertz CT molecular complexity index is 630. The Balaban J connectivity index is 2.18. The molecule has 2 aromatic rings. The van der Waals surface area contributed by atoms with Gasteiger partial charge in [0.15, 0.2) is 0 Å². The molecule has 5 nitrogen and oxygen atoms in total. The average Bonchev–Trinajstić information content (AvgIpc) is 2.85. The van der Waals surface area contributed by atoms with Gasteiger partial charge in [-0.2, -0.15) is 0 Å². The maximum atomic E-state index is 12.0. The Morgan fingerprint density at radius 2 is 2.21 bits per heavy atom. The smallest absolute Gasteiger partial charge is 0.326 e. The average molecular weight is 258 g/mol. The largest absolute Gasteiger partial charge is 0.480 e. The van der Waals surface area contributed by atoms with Crippen LogP contribution in [0.25, 0.3) is 10.9 Å². The number of amides is 1. The lowest BCUT2D eigenvalue weighted by Gasteiger charge is -2.12. The molecule has 1 amide bonds. The van der Waals surface area contributed by atoms with Crippen LogP contribution in [0.15, 0.2) is 43.1 Å². The van der Waals surface area contributed by atoms with E-state index < -0.39 is 17.9 Å². The fraction of sp³-hybridized carbons (Fsp3) is 0.143. The number of hydrogen-bond acceptors (Lipinski definition) is 2. The minimum Gasteiger partial charge on any atom is -0.480 e.